The minimum absolute atomic E-state index is 0.151. The van der Waals surface area contributed by atoms with Gasteiger partial charge < -0.3 is 23.6 Å². The van der Waals surface area contributed by atoms with E-state index in [-0.39, 0.29) is 18.4 Å². The fourth-order valence-corrected chi connectivity index (χ4v) is 3.62. The molecule has 1 aromatic heterocycles. The molecule has 3 rings (SSSR count). The largest absolute Gasteiger partial charge is 0.493 e. The molecule has 8 heteroatoms. The first-order valence-corrected chi connectivity index (χ1v) is 10.6. The van der Waals surface area contributed by atoms with Crippen LogP contribution in [-0.2, 0) is 6.54 Å². The van der Waals surface area contributed by atoms with Crippen LogP contribution in [-0.4, -0.2) is 43.8 Å². The van der Waals surface area contributed by atoms with Crippen LogP contribution >= 0.6 is 11.6 Å². The number of halogens is 1. The van der Waals surface area contributed by atoms with Gasteiger partial charge in [0.2, 0.25) is 5.75 Å². The maximum atomic E-state index is 13.2. The van der Waals surface area contributed by atoms with Crippen molar-refractivity contribution in [3.63, 3.8) is 0 Å². The van der Waals surface area contributed by atoms with E-state index in [1.807, 2.05) is 0 Å². The fourth-order valence-electron chi connectivity index (χ4n) is 3.41. The van der Waals surface area contributed by atoms with Gasteiger partial charge in [0.05, 0.1) is 38.5 Å². The molecule has 170 valence electrons. The number of rotatable bonds is 9. The molecule has 2 aromatic carbocycles. The molecule has 0 spiro atoms. The summed E-state index contributed by atoms with van der Waals surface area (Å²) in [5, 5.41) is 4.60. The molecular formula is C24H27ClN2O5. The van der Waals surface area contributed by atoms with Crippen LogP contribution < -0.4 is 14.2 Å². The molecule has 0 saturated heterocycles. The van der Waals surface area contributed by atoms with Gasteiger partial charge in [0.15, 0.2) is 17.3 Å². The van der Waals surface area contributed by atoms with Gasteiger partial charge in [-0.3, -0.25) is 4.79 Å². The summed E-state index contributed by atoms with van der Waals surface area (Å²) in [6.45, 7) is 4.95. The van der Waals surface area contributed by atoms with Crippen LogP contribution in [0.4, 0.5) is 0 Å². The van der Waals surface area contributed by atoms with E-state index in [0.717, 1.165) is 0 Å². The molecule has 0 fully saturated rings. The second-order valence-electron chi connectivity index (χ2n) is 7.66. The number of carbonyl (C=O) groups is 1. The maximum absolute atomic E-state index is 13.2. The van der Waals surface area contributed by atoms with Gasteiger partial charge in [-0.15, -0.1) is 0 Å². The van der Waals surface area contributed by atoms with E-state index in [0.29, 0.717) is 51.4 Å². The number of aromatic nitrogens is 1. The molecule has 0 unspecified atom stereocenters. The normalized spacial score (nSPS) is 10.8. The van der Waals surface area contributed by atoms with Crippen molar-refractivity contribution in [2.45, 2.75) is 20.4 Å². The van der Waals surface area contributed by atoms with Crippen molar-refractivity contribution >= 4 is 17.5 Å². The predicted octanol–water partition coefficient (Wildman–Crippen LogP) is 5.32. The minimum atomic E-state index is -0.151. The van der Waals surface area contributed by atoms with Crippen LogP contribution in [0.15, 0.2) is 47.0 Å². The topological polar surface area (TPSA) is 74.0 Å². The summed E-state index contributed by atoms with van der Waals surface area (Å²) in [6.07, 6.45) is 0. The lowest BCUT2D eigenvalue weighted by Crippen LogP contribution is -2.34. The molecule has 7 nitrogen and oxygen atoms in total. The number of nitrogens with zero attached hydrogens (tertiary/aromatic N) is 2. The quantitative estimate of drug-likeness (QED) is 0.432. The first kappa shape index (κ1) is 23.5. The molecule has 1 heterocycles. The Morgan fingerprint density at radius 2 is 1.72 bits per heavy atom. The fraction of sp³-hybridized carbons (Fsp3) is 0.333. The number of ether oxygens (including phenoxy) is 3. The van der Waals surface area contributed by atoms with Crippen LogP contribution in [0.1, 0.15) is 29.9 Å². The zero-order valence-corrected chi connectivity index (χ0v) is 19.6. The molecule has 0 aliphatic carbocycles. The summed E-state index contributed by atoms with van der Waals surface area (Å²) in [5.74, 6) is 2.15. The zero-order valence-electron chi connectivity index (χ0n) is 18.8. The molecule has 3 aromatic rings. The van der Waals surface area contributed by atoms with Gasteiger partial charge in [-0.2, -0.15) is 0 Å². The molecule has 0 aliphatic heterocycles. The molecule has 0 atom stereocenters. The van der Waals surface area contributed by atoms with Gasteiger partial charge >= 0.3 is 0 Å². The first-order valence-electron chi connectivity index (χ1n) is 10.2. The lowest BCUT2D eigenvalue weighted by Gasteiger charge is -2.24. The van der Waals surface area contributed by atoms with Crippen molar-refractivity contribution in [1.29, 1.82) is 0 Å². The van der Waals surface area contributed by atoms with Crippen molar-refractivity contribution < 1.29 is 23.5 Å². The SMILES string of the molecule is COc1cc(-c2cc(CN(CC(C)C)C(=O)c3ccccc3Cl)no2)cc(OC)c1OC. The Kier molecular flexibility index (Phi) is 7.64. The molecular weight excluding hydrogens is 432 g/mol. The minimum Gasteiger partial charge on any atom is -0.493 e. The zero-order chi connectivity index (χ0) is 23.3. The standard InChI is InChI=1S/C24H27ClN2O5/c1-15(2)13-27(24(28)18-8-6-7-9-19(18)25)14-17-12-20(32-26-17)16-10-21(29-3)23(31-5)22(11-16)30-4/h6-12,15H,13-14H2,1-5H3. The van der Waals surface area contributed by atoms with E-state index >= 15 is 0 Å². The Labute approximate surface area is 192 Å². The van der Waals surface area contributed by atoms with E-state index < -0.39 is 0 Å². The van der Waals surface area contributed by atoms with Crippen molar-refractivity contribution in [3.05, 3.63) is 58.7 Å². The third kappa shape index (κ3) is 5.16. The molecule has 32 heavy (non-hydrogen) atoms. The summed E-state index contributed by atoms with van der Waals surface area (Å²) in [6, 6.07) is 12.4. The third-order valence-electron chi connectivity index (χ3n) is 4.84. The Morgan fingerprint density at radius 3 is 2.28 bits per heavy atom. The molecule has 0 aliphatic rings. The van der Waals surface area contributed by atoms with Crippen LogP contribution in [0, 0.1) is 5.92 Å². The highest BCUT2D eigenvalue weighted by Crippen LogP contribution is 2.41. The number of carbonyl (C=O) groups excluding carboxylic acids is 1. The van der Waals surface area contributed by atoms with Crippen LogP contribution in [0.25, 0.3) is 11.3 Å². The van der Waals surface area contributed by atoms with Gasteiger partial charge in [0, 0.05) is 18.2 Å². The third-order valence-corrected chi connectivity index (χ3v) is 5.17. The van der Waals surface area contributed by atoms with Crippen molar-refractivity contribution in [1.82, 2.24) is 10.1 Å². The monoisotopic (exact) mass is 458 g/mol. The smallest absolute Gasteiger partial charge is 0.255 e. The summed E-state index contributed by atoms with van der Waals surface area (Å²) >= 11 is 6.25. The summed E-state index contributed by atoms with van der Waals surface area (Å²) in [4.78, 5) is 14.9. The number of hydrogen-bond acceptors (Lipinski definition) is 6. The first-order chi connectivity index (χ1) is 15.4. The van der Waals surface area contributed by atoms with Crippen LogP contribution in [0.5, 0.6) is 17.2 Å². The molecule has 1 amide bonds. The van der Waals surface area contributed by atoms with Gasteiger partial charge in [-0.05, 0) is 30.2 Å². The predicted molar refractivity (Wildman–Crippen MR) is 123 cm³/mol. The Hall–Kier alpha value is -3.19. The second kappa shape index (κ2) is 10.4. The van der Waals surface area contributed by atoms with Gasteiger partial charge in [0.1, 0.15) is 5.69 Å². The van der Waals surface area contributed by atoms with E-state index in [2.05, 4.69) is 19.0 Å². The number of methoxy groups -OCH3 is 3. The van der Waals surface area contributed by atoms with Crippen LogP contribution in [0.2, 0.25) is 5.02 Å². The van der Waals surface area contributed by atoms with E-state index in [9.17, 15) is 4.79 Å². The van der Waals surface area contributed by atoms with E-state index in [1.54, 1.807) is 68.7 Å². The van der Waals surface area contributed by atoms with Gasteiger partial charge in [0.25, 0.3) is 5.91 Å². The average molecular weight is 459 g/mol. The number of hydrogen-bond donors (Lipinski definition) is 0. The van der Waals surface area contributed by atoms with Crippen molar-refractivity contribution in [2.75, 3.05) is 27.9 Å². The molecule has 0 saturated carbocycles. The number of amides is 1. The van der Waals surface area contributed by atoms with E-state index in [4.69, 9.17) is 30.3 Å². The number of benzene rings is 2. The lowest BCUT2D eigenvalue weighted by molar-refractivity contribution is 0.0719. The highest BCUT2D eigenvalue weighted by atomic mass is 35.5. The highest BCUT2D eigenvalue weighted by Gasteiger charge is 2.22. The summed E-state index contributed by atoms with van der Waals surface area (Å²) < 4.78 is 21.8. The summed E-state index contributed by atoms with van der Waals surface area (Å²) in [5.41, 5.74) is 1.80. The lowest BCUT2D eigenvalue weighted by atomic mass is 10.1. The second-order valence-corrected chi connectivity index (χ2v) is 8.06. The van der Waals surface area contributed by atoms with Gasteiger partial charge in [-0.1, -0.05) is 42.7 Å². The summed E-state index contributed by atoms with van der Waals surface area (Å²) in [7, 11) is 4.65. The maximum Gasteiger partial charge on any atom is 0.255 e. The highest BCUT2D eigenvalue weighted by molar-refractivity contribution is 6.33. The average Bonchev–Trinajstić information content (AvgIpc) is 3.25. The van der Waals surface area contributed by atoms with Crippen LogP contribution in [0.3, 0.4) is 0 Å². The Morgan fingerprint density at radius 1 is 1.06 bits per heavy atom. The molecule has 0 bridgehead atoms. The Balaban J connectivity index is 1.89. The van der Waals surface area contributed by atoms with E-state index in [1.165, 1.54) is 0 Å². The van der Waals surface area contributed by atoms with Crippen molar-refractivity contribution in [2.24, 2.45) is 5.92 Å². The van der Waals surface area contributed by atoms with Crippen molar-refractivity contribution in [3.8, 4) is 28.6 Å². The van der Waals surface area contributed by atoms with Gasteiger partial charge in [-0.25, -0.2) is 0 Å². The molecule has 0 N–H and O–H groups in total. The molecule has 0 radical (unpaired) electrons. The Bertz CT molecular complexity index is 1050.